The lowest BCUT2D eigenvalue weighted by molar-refractivity contribution is -0.160. The molecule has 6 nitrogen and oxygen atoms in total. The maximum atomic E-state index is 13.2. The lowest BCUT2D eigenvalue weighted by Crippen LogP contribution is -2.73. The van der Waals surface area contributed by atoms with Gasteiger partial charge in [0.1, 0.15) is 11.5 Å². The van der Waals surface area contributed by atoms with Gasteiger partial charge in [0.25, 0.3) is 0 Å². The van der Waals surface area contributed by atoms with E-state index < -0.39 is 16.9 Å². The van der Waals surface area contributed by atoms with Crippen molar-refractivity contribution in [3.63, 3.8) is 0 Å². The van der Waals surface area contributed by atoms with Gasteiger partial charge in [-0.05, 0) is 67.5 Å². The molecule has 2 bridgehead atoms. The van der Waals surface area contributed by atoms with E-state index in [1.165, 1.54) is 0 Å². The van der Waals surface area contributed by atoms with E-state index in [1.807, 2.05) is 20.8 Å². The smallest absolute Gasteiger partial charge is 0.220 e. The average Bonchev–Trinajstić information content (AvgIpc) is 2.62. The molecule has 1 heterocycles. The standard InChI is InChI=1S/C23H32N2O4/c1-13(2)12-25-21(28)7-15-10-23(29)20-9-17-14(3)6-16(26)8-18(17)22(23,4-5-24-20)11-19(15)27/h6,8,13,15,20,24,26,29H,4-5,7,9-12H2,1-3H3,(H,25,28)/t15-,20+,22+,23+/m0/s1. The van der Waals surface area contributed by atoms with Gasteiger partial charge in [-0.2, -0.15) is 0 Å². The third kappa shape index (κ3) is 3.17. The summed E-state index contributed by atoms with van der Waals surface area (Å²) in [5.74, 6) is -0.0219. The first-order chi connectivity index (χ1) is 13.7. The number of ketones is 1. The van der Waals surface area contributed by atoms with Crippen LogP contribution in [0.1, 0.15) is 56.2 Å². The first-order valence-corrected chi connectivity index (χ1v) is 10.7. The van der Waals surface area contributed by atoms with Crippen LogP contribution in [-0.2, 0) is 21.4 Å². The van der Waals surface area contributed by atoms with E-state index >= 15 is 0 Å². The molecular formula is C23H32N2O4. The van der Waals surface area contributed by atoms with Crippen LogP contribution < -0.4 is 10.6 Å². The minimum absolute atomic E-state index is 0.0452. The number of hydrogen-bond donors (Lipinski definition) is 4. The highest BCUT2D eigenvalue weighted by Crippen LogP contribution is 2.57. The number of aliphatic hydroxyl groups is 1. The number of carbonyl (C=O) groups excluding carboxylic acids is 2. The van der Waals surface area contributed by atoms with Crippen LogP contribution >= 0.6 is 0 Å². The summed E-state index contributed by atoms with van der Waals surface area (Å²) in [5, 5.41) is 28.6. The van der Waals surface area contributed by atoms with Gasteiger partial charge in [-0.15, -0.1) is 0 Å². The molecule has 2 aliphatic carbocycles. The molecule has 1 amide bonds. The molecule has 3 aliphatic rings. The fourth-order valence-electron chi connectivity index (χ4n) is 5.89. The van der Waals surface area contributed by atoms with E-state index in [1.54, 1.807) is 12.1 Å². The molecule has 29 heavy (non-hydrogen) atoms. The molecule has 4 atom stereocenters. The minimum atomic E-state index is -1.10. The Balaban J connectivity index is 1.67. The van der Waals surface area contributed by atoms with Crippen molar-refractivity contribution < 1.29 is 19.8 Å². The fraction of sp³-hybridized carbons (Fsp3) is 0.652. The molecule has 1 saturated carbocycles. The molecule has 158 valence electrons. The second-order valence-corrected chi connectivity index (χ2v) is 9.70. The Hall–Kier alpha value is -1.92. The summed E-state index contributed by atoms with van der Waals surface area (Å²) in [6.07, 6.45) is 1.95. The monoisotopic (exact) mass is 400 g/mol. The molecule has 0 radical (unpaired) electrons. The molecule has 1 aromatic rings. The zero-order valence-corrected chi connectivity index (χ0v) is 17.5. The Morgan fingerprint density at radius 2 is 2.14 bits per heavy atom. The summed E-state index contributed by atoms with van der Waals surface area (Å²) in [4.78, 5) is 25.5. The molecule has 4 N–H and O–H groups in total. The number of aryl methyl sites for hydroxylation is 1. The van der Waals surface area contributed by atoms with Crippen LogP contribution in [0.5, 0.6) is 5.75 Å². The molecule has 6 heteroatoms. The molecule has 4 rings (SSSR count). The predicted molar refractivity (Wildman–Crippen MR) is 110 cm³/mol. The Morgan fingerprint density at radius 1 is 1.38 bits per heavy atom. The van der Waals surface area contributed by atoms with Gasteiger partial charge < -0.3 is 20.8 Å². The van der Waals surface area contributed by atoms with Crippen LogP contribution in [0.4, 0.5) is 0 Å². The molecule has 0 aromatic heterocycles. The Labute approximate surface area is 172 Å². The summed E-state index contributed by atoms with van der Waals surface area (Å²) in [6, 6.07) is 3.35. The number of hydrogen-bond acceptors (Lipinski definition) is 5. The lowest BCUT2D eigenvalue weighted by atomic mass is 9.48. The number of amides is 1. The van der Waals surface area contributed by atoms with E-state index in [-0.39, 0.29) is 42.7 Å². The summed E-state index contributed by atoms with van der Waals surface area (Å²) in [7, 11) is 0. The average molecular weight is 401 g/mol. The fourth-order valence-corrected chi connectivity index (χ4v) is 5.89. The molecule has 1 saturated heterocycles. The summed E-state index contributed by atoms with van der Waals surface area (Å²) < 4.78 is 0. The van der Waals surface area contributed by atoms with Gasteiger partial charge in [0.15, 0.2) is 0 Å². The van der Waals surface area contributed by atoms with Gasteiger partial charge in [0.05, 0.1) is 5.60 Å². The summed E-state index contributed by atoms with van der Waals surface area (Å²) in [5.41, 5.74) is 1.26. The lowest BCUT2D eigenvalue weighted by Gasteiger charge is -2.62. The van der Waals surface area contributed by atoms with E-state index in [0.717, 1.165) is 23.2 Å². The van der Waals surface area contributed by atoms with E-state index in [9.17, 15) is 19.8 Å². The van der Waals surface area contributed by atoms with Gasteiger partial charge in [-0.25, -0.2) is 0 Å². The van der Waals surface area contributed by atoms with Crippen molar-refractivity contribution >= 4 is 11.7 Å². The van der Waals surface area contributed by atoms with Crippen LogP contribution in [0.3, 0.4) is 0 Å². The third-order valence-corrected chi connectivity index (χ3v) is 7.36. The first-order valence-electron chi connectivity index (χ1n) is 10.7. The molecular weight excluding hydrogens is 368 g/mol. The van der Waals surface area contributed by atoms with Gasteiger partial charge in [0.2, 0.25) is 5.91 Å². The number of rotatable bonds is 4. The van der Waals surface area contributed by atoms with Crippen LogP contribution in [-0.4, -0.2) is 46.6 Å². The van der Waals surface area contributed by atoms with Crippen molar-refractivity contribution in [2.24, 2.45) is 11.8 Å². The first kappa shape index (κ1) is 20.4. The maximum Gasteiger partial charge on any atom is 0.220 e. The van der Waals surface area contributed by atoms with Crippen molar-refractivity contribution in [3.8, 4) is 5.75 Å². The number of nitrogens with one attached hydrogen (secondary N) is 2. The highest BCUT2D eigenvalue weighted by molar-refractivity contribution is 5.89. The van der Waals surface area contributed by atoms with Gasteiger partial charge in [-0.3, -0.25) is 9.59 Å². The molecule has 2 fully saturated rings. The summed E-state index contributed by atoms with van der Waals surface area (Å²) in [6.45, 7) is 7.35. The number of fused-ring (bicyclic) bond motifs is 1. The number of piperidine rings is 1. The SMILES string of the molecule is Cc1cc(O)cc2c1C[C@H]1NCC[C@@]23CC(=O)[C@@H](CC(=O)NCC(C)C)C[C@@]13O. The molecule has 1 aromatic carbocycles. The van der Waals surface area contributed by atoms with E-state index in [2.05, 4.69) is 10.6 Å². The predicted octanol–water partition coefficient (Wildman–Crippen LogP) is 1.73. The van der Waals surface area contributed by atoms with Crippen LogP contribution in [0.25, 0.3) is 0 Å². The van der Waals surface area contributed by atoms with Crippen LogP contribution in [0.15, 0.2) is 12.1 Å². The normalized spacial score (nSPS) is 33.2. The number of phenols is 1. The minimum Gasteiger partial charge on any atom is -0.508 e. The number of carbonyl (C=O) groups is 2. The largest absolute Gasteiger partial charge is 0.508 e. The Bertz CT molecular complexity index is 852. The van der Waals surface area contributed by atoms with Crippen molar-refractivity contribution in [3.05, 3.63) is 28.8 Å². The Kier molecular flexibility index (Phi) is 4.98. The highest BCUT2D eigenvalue weighted by atomic mass is 16.3. The molecule has 0 unspecified atom stereocenters. The second kappa shape index (κ2) is 7.10. The zero-order valence-electron chi connectivity index (χ0n) is 17.5. The second-order valence-electron chi connectivity index (χ2n) is 9.70. The van der Waals surface area contributed by atoms with Crippen LogP contribution in [0, 0.1) is 18.8 Å². The quantitative estimate of drug-likeness (QED) is 0.617. The number of aromatic hydroxyl groups is 1. The number of phenolic OH excluding ortho intramolecular Hbond substituents is 1. The van der Waals surface area contributed by atoms with E-state index in [0.29, 0.717) is 25.3 Å². The van der Waals surface area contributed by atoms with Gasteiger partial charge >= 0.3 is 0 Å². The highest BCUT2D eigenvalue weighted by Gasteiger charge is 2.65. The topological polar surface area (TPSA) is 98.7 Å². The van der Waals surface area contributed by atoms with Crippen molar-refractivity contribution in [2.45, 2.75) is 69.9 Å². The van der Waals surface area contributed by atoms with Crippen molar-refractivity contribution in [2.75, 3.05) is 13.1 Å². The maximum absolute atomic E-state index is 13.2. The van der Waals surface area contributed by atoms with Crippen molar-refractivity contribution in [1.82, 2.24) is 10.6 Å². The summed E-state index contributed by atoms with van der Waals surface area (Å²) >= 11 is 0. The number of Topliss-reactive ketones (excluding diaryl/α,β-unsaturated/α-hetero) is 1. The number of benzene rings is 1. The molecule has 1 aliphatic heterocycles. The molecule has 0 spiro atoms. The van der Waals surface area contributed by atoms with Crippen molar-refractivity contribution in [1.29, 1.82) is 0 Å². The third-order valence-electron chi connectivity index (χ3n) is 7.36. The Morgan fingerprint density at radius 3 is 2.86 bits per heavy atom. The van der Waals surface area contributed by atoms with E-state index in [4.69, 9.17) is 0 Å². The zero-order chi connectivity index (χ0) is 21.0. The van der Waals surface area contributed by atoms with Crippen LogP contribution in [0.2, 0.25) is 0 Å². The van der Waals surface area contributed by atoms with Gasteiger partial charge in [0, 0.05) is 36.8 Å². The van der Waals surface area contributed by atoms with Gasteiger partial charge in [-0.1, -0.05) is 13.8 Å².